The summed E-state index contributed by atoms with van der Waals surface area (Å²) in [5.41, 5.74) is 11.1. The van der Waals surface area contributed by atoms with Crippen molar-refractivity contribution in [2.45, 2.75) is 38.9 Å². The van der Waals surface area contributed by atoms with E-state index < -0.39 is 0 Å². The maximum Gasteiger partial charge on any atom is 0.164 e. The van der Waals surface area contributed by atoms with E-state index in [-0.39, 0.29) is 12.1 Å². The molecule has 4 aromatic heterocycles. The van der Waals surface area contributed by atoms with Gasteiger partial charge in [0.25, 0.3) is 0 Å². The van der Waals surface area contributed by atoms with Crippen molar-refractivity contribution >= 4 is 16.7 Å². The number of aromatic nitrogens is 7. The van der Waals surface area contributed by atoms with Gasteiger partial charge in [0.1, 0.15) is 11.8 Å². The number of anilines is 1. The number of pyridine rings is 2. The number of nitrogens with two attached hydrogens (primary N) is 1. The molecule has 1 unspecified atom stereocenters. The van der Waals surface area contributed by atoms with Crippen LogP contribution in [0.15, 0.2) is 67.3 Å². The molecule has 0 saturated carbocycles. The van der Waals surface area contributed by atoms with Gasteiger partial charge in [0, 0.05) is 47.2 Å². The fourth-order valence-electron chi connectivity index (χ4n) is 4.08. The highest BCUT2D eigenvalue weighted by Crippen LogP contribution is 2.29. The van der Waals surface area contributed by atoms with E-state index >= 15 is 0 Å². The van der Waals surface area contributed by atoms with Crippen LogP contribution in [0.5, 0.6) is 0 Å². The maximum absolute atomic E-state index is 9.14. The number of rotatable bonds is 8. The molecule has 180 valence electrons. The Morgan fingerprint density at radius 3 is 2.69 bits per heavy atom. The fraction of sp³-hybridized carbons (Fsp3) is 0.231. The van der Waals surface area contributed by atoms with Gasteiger partial charge in [-0.2, -0.15) is 15.0 Å². The van der Waals surface area contributed by atoms with Gasteiger partial charge in [-0.15, -0.1) is 5.10 Å². The summed E-state index contributed by atoms with van der Waals surface area (Å²) in [4.78, 5) is 9.04. The minimum Gasteiger partial charge on any atom is -0.382 e. The van der Waals surface area contributed by atoms with E-state index in [1.807, 2.05) is 30.5 Å². The molecular weight excluding hydrogens is 452 g/mol. The molecule has 0 fully saturated rings. The first-order chi connectivity index (χ1) is 17.5. The Morgan fingerprint density at radius 1 is 1.08 bits per heavy atom. The molecule has 5 rings (SSSR count). The average molecular weight is 479 g/mol. The highest BCUT2D eigenvalue weighted by molar-refractivity contribution is 5.79. The van der Waals surface area contributed by atoms with Crippen molar-refractivity contribution in [1.29, 1.82) is 5.26 Å². The van der Waals surface area contributed by atoms with E-state index in [9.17, 15) is 0 Å². The van der Waals surface area contributed by atoms with Gasteiger partial charge in [-0.25, -0.2) is 9.97 Å². The Labute approximate surface area is 208 Å². The molecule has 0 aliphatic rings. The van der Waals surface area contributed by atoms with Gasteiger partial charge in [0.2, 0.25) is 0 Å². The molecule has 0 radical (unpaired) electrons. The Bertz CT molecular complexity index is 1530. The van der Waals surface area contributed by atoms with Crippen molar-refractivity contribution < 1.29 is 0 Å². The summed E-state index contributed by atoms with van der Waals surface area (Å²) in [7, 11) is 0. The molecule has 1 atom stereocenters. The zero-order valence-corrected chi connectivity index (χ0v) is 20.1. The van der Waals surface area contributed by atoms with E-state index in [2.05, 4.69) is 62.7 Å². The van der Waals surface area contributed by atoms with Crippen molar-refractivity contribution in [3.8, 4) is 23.1 Å². The first-order valence-electron chi connectivity index (χ1n) is 11.7. The molecular formula is C26H26N10. The van der Waals surface area contributed by atoms with Crippen molar-refractivity contribution in [3.63, 3.8) is 0 Å². The summed E-state index contributed by atoms with van der Waals surface area (Å²) in [6.45, 7) is 4.69. The van der Waals surface area contributed by atoms with E-state index in [1.165, 1.54) is 11.8 Å². The molecule has 10 nitrogen and oxygen atoms in total. The van der Waals surface area contributed by atoms with Crippen molar-refractivity contribution in [2.75, 3.05) is 5.32 Å². The zero-order chi connectivity index (χ0) is 25.1. The molecule has 0 amide bonds. The smallest absolute Gasteiger partial charge is 0.164 e. The molecule has 3 N–H and O–H groups in total. The van der Waals surface area contributed by atoms with Crippen molar-refractivity contribution in [2.24, 2.45) is 5.73 Å². The largest absolute Gasteiger partial charge is 0.382 e. The van der Waals surface area contributed by atoms with Crippen molar-refractivity contribution in [3.05, 3.63) is 78.4 Å². The predicted octanol–water partition coefficient (Wildman–Crippen LogP) is 3.34. The van der Waals surface area contributed by atoms with Crippen LogP contribution in [0.4, 0.5) is 5.69 Å². The van der Waals surface area contributed by atoms with Crippen LogP contribution in [-0.2, 0) is 13.0 Å². The van der Waals surface area contributed by atoms with Crippen LogP contribution in [0.3, 0.4) is 0 Å². The number of nitrogens with zero attached hydrogens (tertiary/aromatic N) is 8. The maximum atomic E-state index is 9.14. The molecule has 4 heterocycles. The lowest BCUT2D eigenvalue weighted by Gasteiger charge is -2.15. The highest BCUT2D eigenvalue weighted by atomic mass is 15.4. The second kappa shape index (κ2) is 9.93. The van der Waals surface area contributed by atoms with Crippen LogP contribution in [-0.4, -0.2) is 46.8 Å². The van der Waals surface area contributed by atoms with E-state index in [1.54, 1.807) is 27.8 Å². The number of benzene rings is 1. The number of fused-ring (bicyclic) bond motifs is 1. The molecule has 10 heteroatoms. The molecule has 0 bridgehead atoms. The minimum atomic E-state index is -0.0853. The second-order valence-electron chi connectivity index (χ2n) is 8.97. The van der Waals surface area contributed by atoms with Gasteiger partial charge in [0.05, 0.1) is 24.5 Å². The number of hydrogen-bond donors (Lipinski definition) is 2. The van der Waals surface area contributed by atoms with Gasteiger partial charge in [0.15, 0.2) is 11.5 Å². The normalized spacial score (nSPS) is 12.1. The first kappa shape index (κ1) is 23.1. The van der Waals surface area contributed by atoms with E-state index in [0.29, 0.717) is 29.3 Å². The number of nitrogens with one attached hydrogen (secondary N) is 1. The number of nitriles is 1. The topological polar surface area (TPSA) is 136 Å². The average Bonchev–Trinajstić information content (AvgIpc) is 3.50. The lowest BCUT2D eigenvalue weighted by Crippen LogP contribution is -2.28. The summed E-state index contributed by atoms with van der Waals surface area (Å²) in [5.74, 6) is 0.603. The Balaban J connectivity index is 1.42. The summed E-state index contributed by atoms with van der Waals surface area (Å²) in [6.07, 6.45) is 7.62. The van der Waals surface area contributed by atoms with Crippen LogP contribution < -0.4 is 11.1 Å². The molecule has 0 aliphatic carbocycles. The summed E-state index contributed by atoms with van der Waals surface area (Å²) in [6, 6.07) is 16.0. The third-order valence-electron chi connectivity index (χ3n) is 5.66. The predicted molar refractivity (Wildman–Crippen MR) is 137 cm³/mol. The quantitative estimate of drug-likeness (QED) is 0.347. The van der Waals surface area contributed by atoms with Crippen molar-refractivity contribution in [1.82, 2.24) is 34.7 Å². The second-order valence-corrected chi connectivity index (χ2v) is 8.97. The Hall–Kier alpha value is -4.62. The van der Waals surface area contributed by atoms with Crippen LogP contribution in [0.25, 0.3) is 28.1 Å². The van der Waals surface area contributed by atoms with Crippen LogP contribution in [0, 0.1) is 11.3 Å². The number of hydrogen-bond acceptors (Lipinski definition) is 8. The fourth-order valence-corrected chi connectivity index (χ4v) is 4.08. The summed E-state index contributed by atoms with van der Waals surface area (Å²) in [5, 5.41) is 26.5. The molecule has 0 spiro atoms. The van der Waals surface area contributed by atoms with Crippen LogP contribution in [0.2, 0.25) is 0 Å². The van der Waals surface area contributed by atoms with Gasteiger partial charge < -0.3 is 11.1 Å². The van der Waals surface area contributed by atoms with E-state index in [0.717, 1.165) is 23.1 Å². The van der Waals surface area contributed by atoms with Crippen LogP contribution >= 0.6 is 0 Å². The van der Waals surface area contributed by atoms with Gasteiger partial charge in [-0.3, -0.25) is 4.68 Å². The monoisotopic (exact) mass is 478 g/mol. The SMILES string of the molecule is CC(C)Nc1cc(-n2ncc3cc(C#N)cnc32)ncc1-c1cn(CC(N)Cc2ccccc2)nn1. The third kappa shape index (κ3) is 4.92. The molecule has 0 aliphatic heterocycles. The Kier molecular flexibility index (Phi) is 6.38. The minimum absolute atomic E-state index is 0.0853. The zero-order valence-electron chi connectivity index (χ0n) is 20.1. The van der Waals surface area contributed by atoms with Crippen LogP contribution in [0.1, 0.15) is 25.0 Å². The molecule has 36 heavy (non-hydrogen) atoms. The summed E-state index contributed by atoms with van der Waals surface area (Å²) >= 11 is 0. The van der Waals surface area contributed by atoms with Gasteiger partial charge >= 0.3 is 0 Å². The lowest BCUT2D eigenvalue weighted by molar-refractivity contribution is 0.496. The first-order valence-corrected chi connectivity index (χ1v) is 11.7. The summed E-state index contributed by atoms with van der Waals surface area (Å²) < 4.78 is 3.43. The molecule has 0 saturated heterocycles. The third-order valence-corrected chi connectivity index (χ3v) is 5.66. The lowest BCUT2D eigenvalue weighted by atomic mass is 10.1. The highest BCUT2D eigenvalue weighted by Gasteiger charge is 2.16. The Morgan fingerprint density at radius 2 is 1.92 bits per heavy atom. The van der Waals surface area contributed by atoms with E-state index in [4.69, 9.17) is 11.0 Å². The molecule has 1 aromatic carbocycles. The standard InChI is InChI=1S/C26H26N10/c1-17(2)32-23-10-25(36-26-20(13-31-36)8-19(11-27)12-30-26)29-14-22(23)24-16-35(34-33-24)15-21(28)9-18-6-4-3-5-7-18/h3-8,10,12-14,16-17,21H,9,15,28H2,1-2H3,(H,29,32). The molecule has 5 aromatic rings. The van der Waals surface area contributed by atoms with Gasteiger partial charge in [-0.1, -0.05) is 35.5 Å². The van der Waals surface area contributed by atoms with Gasteiger partial charge in [-0.05, 0) is 31.9 Å².